The van der Waals surface area contributed by atoms with Gasteiger partial charge < -0.3 is 5.11 Å². The molecule has 26 heavy (non-hydrogen) atoms. The number of rotatable bonds is 4. The highest BCUT2D eigenvalue weighted by molar-refractivity contribution is 7.85. The van der Waals surface area contributed by atoms with E-state index in [1.165, 1.54) is 0 Å². The molecule has 4 atom stereocenters. The smallest absolute Gasteiger partial charge is 0.134 e. The highest BCUT2D eigenvalue weighted by atomic mass is 32.2. The van der Waals surface area contributed by atoms with Crippen molar-refractivity contribution in [2.75, 3.05) is 5.75 Å². The van der Waals surface area contributed by atoms with Crippen molar-refractivity contribution in [3.05, 3.63) is 29.8 Å². The monoisotopic (exact) mass is 390 g/mol. The van der Waals surface area contributed by atoms with E-state index < -0.39 is 30.4 Å². The van der Waals surface area contributed by atoms with Crippen LogP contribution in [0.15, 0.2) is 29.2 Å². The van der Waals surface area contributed by atoms with E-state index in [0.717, 1.165) is 5.56 Å². The molecule has 1 aliphatic carbocycles. The number of hydrogen-bond acceptors (Lipinski definition) is 3. The van der Waals surface area contributed by atoms with Gasteiger partial charge in [-0.25, -0.2) is 0 Å². The average molecular weight is 391 g/mol. The van der Waals surface area contributed by atoms with Crippen LogP contribution in [-0.4, -0.2) is 34.5 Å². The van der Waals surface area contributed by atoms with E-state index in [4.69, 9.17) is 0 Å². The van der Waals surface area contributed by atoms with Gasteiger partial charge in [0.15, 0.2) is 0 Å². The van der Waals surface area contributed by atoms with Crippen LogP contribution in [0.5, 0.6) is 0 Å². The Labute approximate surface area is 161 Å². The highest BCUT2D eigenvalue weighted by Crippen LogP contribution is 2.40. The van der Waals surface area contributed by atoms with Gasteiger partial charge in [-0.05, 0) is 25.0 Å². The molecule has 2 rings (SSSR count). The van der Waals surface area contributed by atoms with Crippen molar-refractivity contribution in [2.24, 2.45) is 11.8 Å². The van der Waals surface area contributed by atoms with Gasteiger partial charge in [-0.15, -0.1) is 11.5 Å². The normalized spacial score (nSPS) is 27.5. The quantitative estimate of drug-likeness (QED) is 0.630. The molecule has 0 spiro atoms. The number of Topliss-reactive ketones (excluding diaryl/α,β-unsaturated/α-hetero) is 1. The Kier molecular flexibility index (Phi) is 6.65. The summed E-state index contributed by atoms with van der Waals surface area (Å²) in [5, 5.41) is 11.6. The Morgan fingerprint density at radius 2 is 1.85 bits per heavy atom. The molecule has 1 fully saturated rings. The Morgan fingerprint density at radius 3 is 2.38 bits per heavy atom. The van der Waals surface area contributed by atoms with Crippen LogP contribution in [0.3, 0.4) is 0 Å². The van der Waals surface area contributed by atoms with Gasteiger partial charge in [-0.3, -0.25) is 9.00 Å². The molecule has 1 aromatic carbocycles. The maximum atomic E-state index is 12.9. The predicted molar refractivity (Wildman–Crippen MR) is 110 cm³/mol. The lowest BCUT2D eigenvalue weighted by Gasteiger charge is -2.43. The minimum absolute atomic E-state index is 0.132. The standard InChI is InChI=1S/C21H30O3SSi/c1-6-17-13-19(22)14-18(11-12-26(3,4)5)21(17,23)15-25(24)20-9-7-16(2)8-10-20/h7-10,17-18,23H,6,13-15H2,1-5H3/t17-,18+,21-,25+/m0/s1. The molecular formula is C21H30O3SSi. The van der Waals surface area contributed by atoms with Crippen molar-refractivity contribution in [3.63, 3.8) is 0 Å². The van der Waals surface area contributed by atoms with Crippen LogP contribution >= 0.6 is 0 Å². The lowest BCUT2D eigenvalue weighted by Crippen LogP contribution is -2.53. The molecule has 5 heteroatoms. The first-order valence-electron chi connectivity index (χ1n) is 9.27. The van der Waals surface area contributed by atoms with Crippen molar-refractivity contribution in [2.45, 2.75) is 63.2 Å². The van der Waals surface area contributed by atoms with Crippen LogP contribution in [0.25, 0.3) is 0 Å². The molecule has 0 aliphatic heterocycles. The van der Waals surface area contributed by atoms with Crippen molar-refractivity contribution >= 4 is 24.7 Å². The minimum Gasteiger partial charge on any atom is -0.387 e. The Hall–Kier alpha value is -1.22. The van der Waals surface area contributed by atoms with E-state index in [-0.39, 0.29) is 23.9 Å². The maximum absolute atomic E-state index is 12.9. The molecule has 0 aromatic heterocycles. The third-order valence-electron chi connectivity index (χ3n) is 4.98. The van der Waals surface area contributed by atoms with Crippen molar-refractivity contribution in [1.29, 1.82) is 0 Å². The van der Waals surface area contributed by atoms with Gasteiger partial charge in [0, 0.05) is 17.7 Å². The predicted octanol–water partition coefficient (Wildman–Crippen LogP) is 3.72. The Morgan fingerprint density at radius 1 is 1.23 bits per heavy atom. The average Bonchev–Trinajstić information content (AvgIpc) is 2.55. The first kappa shape index (κ1) is 21.1. The van der Waals surface area contributed by atoms with E-state index >= 15 is 0 Å². The summed E-state index contributed by atoms with van der Waals surface area (Å²) >= 11 is 0. The van der Waals surface area contributed by atoms with Crippen LogP contribution in [0.2, 0.25) is 19.6 Å². The van der Waals surface area contributed by atoms with Gasteiger partial charge in [0.25, 0.3) is 0 Å². The summed E-state index contributed by atoms with van der Waals surface area (Å²) in [6, 6.07) is 7.57. The van der Waals surface area contributed by atoms with Crippen LogP contribution < -0.4 is 0 Å². The number of benzene rings is 1. The number of aryl methyl sites for hydroxylation is 1. The van der Waals surface area contributed by atoms with Crippen molar-refractivity contribution in [3.8, 4) is 11.5 Å². The fraction of sp³-hybridized carbons (Fsp3) is 0.571. The summed E-state index contributed by atoms with van der Waals surface area (Å²) in [5.41, 5.74) is 3.23. The number of ketones is 1. The second-order valence-corrected chi connectivity index (χ2v) is 14.6. The zero-order chi connectivity index (χ0) is 19.5. The fourth-order valence-corrected chi connectivity index (χ4v) is 5.47. The molecule has 142 valence electrons. The van der Waals surface area contributed by atoms with E-state index in [1.54, 1.807) is 0 Å². The van der Waals surface area contributed by atoms with Crippen LogP contribution in [0.4, 0.5) is 0 Å². The molecule has 0 saturated heterocycles. The second kappa shape index (κ2) is 8.20. The largest absolute Gasteiger partial charge is 0.387 e. The van der Waals surface area contributed by atoms with Crippen molar-refractivity contribution < 1.29 is 14.1 Å². The Bertz CT molecular complexity index is 739. The number of aliphatic hydroxyl groups is 1. The molecule has 0 amide bonds. The lowest BCUT2D eigenvalue weighted by atomic mass is 9.68. The summed E-state index contributed by atoms with van der Waals surface area (Å²) in [7, 11) is -2.95. The van der Waals surface area contributed by atoms with Crippen LogP contribution in [0, 0.1) is 30.2 Å². The first-order chi connectivity index (χ1) is 12.0. The highest BCUT2D eigenvalue weighted by Gasteiger charge is 2.48. The summed E-state index contributed by atoms with van der Waals surface area (Å²) in [6.45, 7) is 10.4. The molecule has 0 unspecified atom stereocenters. The fourth-order valence-electron chi connectivity index (χ4n) is 3.40. The van der Waals surface area contributed by atoms with Crippen molar-refractivity contribution in [1.82, 2.24) is 0 Å². The zero-order valence-electron chi connectivity index (χ0n) is 16.5. The third-order valence-corrected chi connectivity index (χ3v) is 7.39. The SMILES string of the molecule is CC[C@H]1CC(=O)C[C@@H](C#C[Si](C)(C)C)[C@]1(O)C[S@@](=O)c1ccc(C)cc1. The van der Waals surface area contributed by atoms with Gasteiger partial charge in [0.05, 0.1) is 28.1 Å². The van der Waals surface area contributed by atoms with Gasteiger partial charge in [0.2, 0.25) is 0 Å². The molecule has 0 bridgehead atoms. The van der Waals surface area contributed by atoms with E-state index in [1.807, 2.05) is 38.1 Å². The molecule has 0 radical (unpaired) electrons. The molecule has 1 aromatic rings. The summed E-state index contributed by atoms with van der Waals surface area (Å²) in [6.07, 6.45) is 1.29. The molecule has 1 N–H and O–H groups in total. The van der Waals surface area contributed by atoms with E-state index in [0.29, 0.717) is 17.7 Å². The topological polar surface area (TPSA) is 54.4 Å². The Balaban J connectivity index is 2.35. The minimum atomic E-state index is -1.63. The molecular weight excluding hydrogens is 360 g/mol. The van der Waals surface area contributed by atoms with Gasteiger partial charge in [-0.1, -0.05) is 50.7 Å². The summed E-state index contributed by atoms with van der Waals surface area (Å²) in [4.78, 5) is 12.9. The molecule has 1 aliphatic rings. The summed E-state index contributed by atoms with van der Waals surface area (Å²) < 4.78 is 12.9. The van der Waals surface area contributed by atoms with Gasteiger partial charge in [-0.2, -0.15) is 0 Å². The molecule has 1 saturated carbocycles. The first-order valence-corrected chi connectivity index (χ1v) is 14.1. The molecule has 0 heterocycles. The van der Waals surface area contributed by atoms with Gasteiger partial charge in [0.1, 0.15) is 13.9 Å². The number of hydrogen-bond donors (Lipinski definition) is 1. The van der Waals surface area contributed by atoms with E-state index in [2.05, 4.69) is 31.1 Å². The summed E-state index contributed by atoms with van der Waals surface area (Å²) in [5.74, 6) is 2.87. The van der Waals surface area contributed by atoms with Crippen LogP contribution in [0.1, 0.15) is 31.7 Å². The lowest BCUT2D eigenvalue weighted by molar-refractivity contribution is -0.133. The second-order valence-electron chi connectivity index (χ2n) is 8.42. The third kappa shape index (κ3) is 5.15. The zero-order valence-corrected chi connectivity index (χ0v) is 18.3. The molecule has 3 nitrogen and oxygen atoms in total. The number of carbonyl (C=O) groups excluding carboxylic acids is 1. The van der Waals surface area contributed by atoms with Crippen LogP contribution in [-0.2, 0) is 15.6 Å². The van der Waals surface area contributed by atoms with Gasteiger partial charge >= 0.3 is 0 Å². The number of carbonyl (C=O) groups is 1. The van der Waals surface area contributed by atoms with E-state index in [9.17, 15) is 14.1 Å². The maximum Gasteiger partial charge on any atom is 0.134 e.